The van der Waals surface area contributed by atoms with Crippen LogP contribution in [0.1, 0.15) is 10.4 Å². The molecule has 2 aromatic carbocycles. The maximum Gasteiger partial charge on any atom is 0.257 e. The number of hydrogen-bond acceptors (Lipinski definition) is 1. The van der Waals surface area contributed by atoms with Crippen LogP contribution in [0.15, 0.2) is 36.4 Å². The number of rotatable bonds is 2. The Balaban J connectivity index is 2.23. The fraction of sp³-hybridized carbons (Fsp3) is 0. The zero-order valence-electron chi connectivity index (χ0n) is 9.38. The van der Waals surface area contributed by atoms with Gasteiger partial charge in [0.2, 0.25) is 0 Å². The van der Waals surface area contributed by atoms with Gasteiger partial charge >= 0.3 is 0 Å². The van der Waals surface area contributed by atoms with Crippen LogP contribution in [0.4, 0.5) is 14.5 Å². The lowest BCUT2D eigenvalue weighted by Crippen LogP contribution is -2.12. The molecule has 0 saturated heterocycles. The Bertz CT molecular complexity index is 647. The highest BCUT2D eigenvalue weighted by atomic mass is 35.5. The van der Waals surface area contributed by atoms with E-state index in [9.17, 15) is 13.6 Å². The van der Waals surface area contributed by atoms with E-state index in [0.717, 1.165) is 18.2 Å². The van der Waals surface area contributed by atoms with Gasteiger partial charge in [0, 0.05) is 5.69 Å². The van der Waals surface area contributed by atoms with Crippen molar-refractivity contribution in [1.82, 2.24) is 0 Å². The summed E-state index contributed by atoms with van der Waals surface area (Å²) >= 11 is 11.4. The van der Waals surface area contributed by atoms with Crippen LogP contribution in [0.2, 0.25) is 10.0 Å². The van der Waals surface area contributed by atoms with Crippen molar-refractivity contribution in [1.29, 1.82) is 0 Å². The predicted molar refractivity (Wildman–Crippen MR) is 70.8 cm³/mol. The lowest BCUT2D eigenvalue weighted by atomic mass is 10.2. The van der Waals surface area contributed by atoms with Crippen molar-refractivity contribution in [2.75, 3.05) is 5.32 Å². The average molecular weight is 302 g/mol. The molecule has 2 rings (SSSR count). The van der Waals surface area contributed by atoms with Crippen molar-refractivity contribution in [2.24, 2.45) is 0 Å². The topological polar surface area (TPSA) is 29.1 Å². The van der Waals surface area contributed by atoms with Crippen LogP contribution in [-0.4, -0.2) is 5.91 Å². The molecule has 0 aliphatic heterocycles. The standard InChI is InChI=1S/C13H7Cl2F2NO/c14-10-5-7(16)1-3-9(10)13(19)18-8-2-4-12(17)11(15)6-8/h1-6H,(H,18,19). The maximum absolute atomic E-state index is 13.0. The lowest BCUT2D eigenvalue weighted by molar-refractivity contribution is 0.102. The van der Waals surface area contributed by atoms with Crippen LogP contribution in [0.25, 0.3) is 0 Å². The highest BCUT2D eigenvalue weighted by molar-refractivity contribution is 6.34. The number of halogens is 4. The number of carbonyl (C=O) groups is 1. The Morgan fingerprint density at radius 3 is 2.37 bits per heavy atom. The van der Waals surface area contributed by atoms with Gasteiger partial charge in [-0.2, -0.15) is 0 Å². The fourth-order valence-corrected chi connectivity index (χ4v) is 1.88. The van der Waals surface area contributed by atoms with Crippen LogP contribution in [0.5, 0.6) is 0 Å². The van der Waals surface area contributed by atoms with Crippen LogP contribution in [-0.2, 0) is 0 Å². The lowest BCUT2D eigenvalue weighted by Gasteiger charge is -2.07. The van der Waals surface area contributed by atoms with Crippen molar-refractivity contribution in [3.8, 4) is 0 Å². The van der Waals surface area contributed by atoms with E-state index in [1.807, 2.05) is 0 Å². The van der Waals surface area contributed by atoms with Gasteiger partial charge in [-0.1, -0.05) is 23.2 Å². The first-order chi connectivity index (χ1) is 8.97. The summed E-state index contributed by atoms with van der Waals surface area (Å²) in [5.41, 5.74) is 0.431. The Hall–Kier alpha value is -1.65. The monoisotopic (exact) mass is 301 g/mol. The Labute approximate surface area is 118 Å². The Kier molecular flexibility index (Phi) is 4.02. The minimum atomic E-state index is -0.584. The first kappa shape index (κ1) is 13.8. The van der Waals surface area contributed by atoms with Crippen molar-refractivity contribution >= 4 is 34.8 Å². The zero-order valence-corrected chi connectivity index (χ0v) is 10.9. The van der Waals surface area contributed by atoms with Crippen molar-refractivity contribution in [3.05, 3.63) is 63.6 Å². The van der Waals surface area contributed by atoms with E-state index in [4.69, 9.17) is 23.2 Å². The molecular formula is C13H7Cl2F2NO. The largest absolute Gasteiger partial charge is 0.322 e. The number of nitrogens with one attached hydrogen (secondary N) is 1. The minimum absolute atomic E-state index is 0.00860. The third-order valence-corrected chi connectivity index (χ3v) is 2.96. The van der Waals surface area contributed by atoms with E-state index in [1.165, 1.54) is 18.2 Å². The van der Waals surface area contributed by atoms with Gasteiger partial charge in [-0.25, -0.2) is 8.78 Å². The predicted octanol–water partition coefficient (Wildman–Crippen LogP) is 4.52. The van der Waals surface area contributed by atoms with E-state index >= 15 is 0 Å². The molecule has 0 bridgehead atoms. The smallest absolute Gasteiger partial charge is 0.257 e. The second-order valence-electron chi connectivity index (χ2n) is 3.71. The fourth-order valence-electron chi connectivity index (χ4n) is 1.45. The number of anilines is 1. The summed E-state index contributed by atoms with van der Waals surface area (Å²) in [4.78, 5) is 11.9. The molecule has 0 spiro atoms. The summed E-state index contributed by atoms with van der Waals surface area (Å²) in [5.74, 6) is -1.65. The number of amides is 1. The minimum Gasteiger partial charge on any atom is -0.322 e. The molecule has 0 unspecified atom stereocenters. The molecule has 0 atom stereocenters. The summed E-state index contributed by atoms with van der Waals surface area (Å²) in [5, 5.41) is 2.37. The summed E-state index contributed by atoms with van der Waals surface area (Å²) in [6, 6.07) is 7.18. The molecule has 0 aliphatic carbocycles. The van der Waals surface area contributed by atoms with Crippen molar-refractivity contribution in [3.63, 3.8) is 0 Å². The van der Waals surface area contributed by atoms with E-state index < -0.39 is 17.5 Å². The van der Waals surface area contributed by atoms with E-state index in [0.29, 0.717) is 5.69 Å². The van der Waals surface area contributed by atoms with Gasteiger partial charge in [0.05, 0.1) is 15.6 Å². The molecule has 1 N–H and O–H groups in total. The first-order valence-corrected chi connectivity index (χ1v) is 5.94. The molecule has 2 nitrogen and oxygen atoms in total. The molecular weight excluding hydrogens is 295 g/mol. The van der Waals surface area contributed by atoms with Gasteiger partial charge in [0.25, 0.3) is 5.91 Å². The normalized spacial score (nSPS) is 10.3. The number of carbonyl (C=O) groups excluding carboxylic acids is 1. The molecule has 0 radical (unpaired) electrons. The highest BCUT2D eigenvalue weighted by Crippen LogP contribution is 2.22. The average Bonchev–Trinajstić information content (AvgIpc) is 2.33. The highest BCUT2D eigenvalue weighted by Gasteiger charge is 2.12. The SMILES string of the molecule is O=C(Nc1ccc(F)c(Cl)c1)c1ccc(F)cc1Cl. The maximum atomic E-state index is 13.0. The summed E-state index contributed by atoms with van der Waals surface area (Å²) in [6.45, 7) is 0. The van der Waals surface area contributed by atoms with Gasteiger partial charge < -0.3 is 5.32 Å². The van der Waals surface area contributed by atoms with Gasteiger partial charge in [0.1, 0.15) is 11.6 Å². The first-order valence-electron chi connectivity index (χ1n) is 5.19. The van der Waals surface area contributed by atoms with Crippen LogP contribution >= 0.6 is 23.2 Å². The molecule has 19 heavy (non-hydrogen) atoms. The molecule has 0 heterocycles. The van der Waals surface area contributed by atoms with Crippen LogP contribution in [0.3, 0.4) is 0 Å². The molecule has 2 aromatic rings. The molecule has 0 saturated carbocycles. The molecule has 6 heteroatoms. The van der Waals surface area contributed by atoms with Gasteiger partial charge in [0.15, 0.2) is 0 Å². The Morgan fingerprint density at radius 2 is 1.74 bits per heavy atom. The van der Waals surface area contributed by atoms with Crippen molar-refractivity contribution in [2.45, 2.75) is 0 Å². The molecule has 1 amide bonds. The van der Waals surface area contributed by atoms with Crippen LogP contribution < -0.4 is 5.32 Å². The number of benzene rings is 2. The van der Waals surface area contributed by atoms with E-state index in [1.54, 1.807) is 0 Å². The van der Waals surface area contributed by atoms with Gasteiger partial charge in [-0.15, -0.1) is 0 Å². The second kappa shape index (κ2) is 5.55. The Morgan fingerprint density at radius 1 is 1.00 bits per heavy atom. The zero-order chi connectivity index (χ0) is 14.0. The second-order valence-corrected chi connectivity index (χ2v) is 4.52. The van der Waals surface area contributed by atoms with Crippen LogP contribution in [0, 0.1) is 11.6 Å². The molecule has 0 fully saturated rings. The van der Waals surface area contributed by atoms with Gasteiger partial charge in [-0.05, 0) is 36.4 Å². The van der Waals surface area contributed by atoms with Crippen molar-refractivity contribution < 1.29 is 13.6 Å². The summed E-state index contributed by atoms with van der Waals surface area (Å²) < 4.78 is 25.8. The summed E-state index contributed by atoms with van der Waals surface area (Å²) in [6.07, 6.45) is 0. The third kappa shape index (κ3) is 3.22. The number of hydrogen-bond donors (Lipinski definition) is 1. The molecule has 98 valence electrons. The van der Waals surface area contributed by atoms with Gasteiger partial charge in [-0.3, -0.25) is 4.79 Å². The third-order valence-electron chi connectivity index (χ3n) is 2.35. The quantitative estimate of drug-likeness (QED) is 0.868. The summed E-state index contributed by atoms with van der Waals surface area (Å²) in [7, 11) is 0. The molecule has 0 aromatic heterocycles. The van der Waals surface area contributed by atoms with E-state index in [2.05, 4.69) is 5.32 Å². The molecule has 0 aliphatic rings. The van der Waals surface area contributed by atoms with E-state index in [-0.39, 0.29) is 15.6 Å².